The summed E-state index contributed by atoms with van der Waals surface area (Å²) in [6.07, 6.45) is -4.53. The molecule has 0 atom stereocenters. The fraction of sp³-hybridized carbons (Fsp3) is 0.176. The van der Waals surface area contributed by atoms with E-state index in [-0.39, 0.29) is 16.6 Å². The van der Waals surface area contributed by atoms with Crippen LogP contribution in [0.2, 0.25) is 0 Å². The standard InChI is InChI=1S/C17H14F3N3O/c1-9-6-7-10(2)13(8-9)22-23-15-11-4-3-5-12(17(18,19)20)14(11)21-16(15)24/h3-8,21,24H,1-2H3. The van der Waals surface area contributed by atoms with E-state index in [0.717, 1.165) is 17.2 Å². The van der Waals surface area contributed by atoms with Crippen LogP contribution in [0.4, 0.5) is 24.5 Å². The van der Waals surface area contributed by atoms with Crippen LogP contribution in [0.25, 0.3) is 10.9 Å². The number of halogens is 3. The third-order valence-corrected chi connectivity index (χ3v) is 3.72. The lowest BCUT2D eigenvalue weighted by atomic mass is 10.1. The minimum absolute atomic E-state index is 0.0167. The number of aromatic hydroxyl groups is 1. The van der Waals surface area contributed by atoms with Crippen molar-refractivity contribution in [3.05, 3.63) is 53.1 Å². The zero-order chi connectivity index (χ0) is 17.5. The number of hydrogen-bond acceptors (Lipinski definition) is 3. The van der Waals surface area contributed by atoms with Crippen molar-refractivity contribution in [2.45, 2.75) is 20.0 Å². The van der Waals surface area contributed by atoms with Crippen LogP contribution < -0.4 is 0 Å². The van der Waals surface area contributed by atoms with Gasteiger partial charge in [-0.1, -0.05) is 24.3 Å². The second-order valence-electron chi connectivity index (χ2n) is 5.54. The lowest BCUT2D eigenvalue weighted by Gasteiger charge is -2.07. The van der Waals surface area contributed by atoms with Crippen LogP contribution in [0.5, 0.6) is 5.88 Å². The van der Waals surface area contributed by atoms with Gasteiger partial charge in [0.15, 0.2) is 5.69 Å². The highest BCUT2D eigenvalue weighted by molar-refractivity contribution is 5.96. The van der Waals surface area contributed by atoms with E-state index in [9.17, 15) is 18.3 Å². The molecule has 0 unspecified atom stereocenters. The SMILES string of the molecule is Cc1ccc(C)c(N=Nc2c(O)[nH]c3c(C(F)(F)F)cccc23)c1. The van der Waals surface area contributed by atoms with Crippen molar-refractivity contribution < 1.29 is 18.3 Å². The highest BCUT2D eigenvalue weighted by atomic mass is 19.4. The molecule has 0 fully saturated rings. The fourth-order valence-electron chi connectivity index (χ4n) is 2.46. The molecular weight excluding hydrogens is 319 g/mol. The number of aromatic amines is 1. The fourth-order valence-corrected chi connectivity index (χ4v) is 2.46. The predicted molar refractivity (Wildman–Crippen MR) is 85.1 cm³/mol. The Morgan fingerprint density at radius 2 is 1.79 bits per heavy atom. The highest BCUT2D eigenvalue weighted by Gasteiger charge is 2.34. The van der Waals surface area contributed by atoms with Gasteiger partial charge in [0.05, 0.1) is 16.8 Å². The van der Waals surface area contributed by atoms with Gasteiger partial charge in [0, 0.05) is 5.39 Å². The van der Waals surface area contributed by atoms with Crippen molar-refractivity contribution in [3.63, 3.8) is 0 Å². The first kappa shape index (κ1) is 16.0. The predicted octanol–water partition coefficient (Wildman–Crippen LogP) is 5.92. The van der Waals surface area contributed by atoms with Crippen LogP contribution >= 0.6 is 0 Å². The lowest BCUT2D eigenvalue weighted by Crippen LogP contribution is -2.05. The Morgan fingerprint density at radius 3 is 2.50 bits per heavy atom. The Bertz CT molecular complexity index is 942. The molecule has 3 aromatic rings. The van der Waals surface area contributed by atoms with Crippen LogP contribution in [0.1, 0.15) is 16.7 Å². The van der Waals surface area contributed by atoms with Crippen LogP contribution in [0.15, 0.2) is 46.6 Å². The van der Waals surface area contributed by atoms with Crippen LogP contribution in [-0.4, -0.2) is 10.1 Å². The van der Waals surface area contributed by atoms with E-state index in [4.69, 9.17) is 0 Å². The molecule has 0 spiro atoms. The molecule has 0 aliphatic rings. The largest absolute Gasteiger partial charge is 0.493 e. The first-order valence-electron chi connectivity index (χ1n) is 7.17. The van der Waals surface area contributed by atoms with Gasteiger partial charge in [0.1, 0.15) is 0 Å². The van der Waals surface area contributed by atoms with Gasteiger partial charge in [-0.05, 0) is 37.1 Å². The van der Waals surface area contributed by atoms with Crippen molar-refractivity contribution in [1.82, 2.24) is 4.98 Å². The maximum Gasteiger partial charge on any atom is 0.418 e. The molecule has 1 heterocycles. The molecule has 0 aliphatic carbocycles. The summed E-state index contributed by atoms with van der Waals surface area (Å²) in [5, 5.41) is 18.2. The van der Waals surface area contributed by atoms with Crippen molar-refractivity contribution in [2.75, 3.05) is 0 Å². The van der Waals surface area contributed by atoms with Crippen LogP contribution in [-0.2, 0) is 6.18 Å². The van der Waals surface area contributed by atoms with Crippen molar-refractivity contribution >= 4 is 22.3 Å². The molecule has 0 radical (unpaired) electrons. The monoisotopic (exact) mass is 333 g/mol. The minimum Gasteiger partial charge on any atom is -0.493 e. The number of hydrogen-bond donors (Lipinski definition) is 2. The number of alkyl halides is 3. The van der Waals surface area contributed by atoms with Crippen molar-refractivity contribution in [2.24, 2.45) is 10.2 Å². The van der Waals surface area contributed by atoms with Gasteiger partial charge in [-0.15, -0.1) is 5.11 Å². The number of H-pyrrole nitrogens is 1. The number of para-hydroxylation sites is 1. The van der Waals surface area contributed by atoms with E-state index >= 15 is 0 Å². The van der Waals surface area contributed by atoms with E-state index in [1.807, 2.05) is 32.0 Å². The molecule has 0 saturated heterocycles. The first-order chi connectivity index (χ1) is 11.3. The summed E-state index contributed by atoms with van der Waals surface area (Å²) < 4.78 is 39.2. The number of fused-ring (bicyclic) bond motifs is 1. The molecule has 0 bridgehead atoms. The Kier molecular flexibility index (Phi) is 3.79. The summed E-state index contributed by atoms with van der Waals surface area (Å²) in [6, 6.07) is 9.29. The molecule has 4 nitrogen and oxygen atoms in total. The average molecular weight is 333 g/mol. The Balaban J connectivity index is 2.12. The summed E-state index contributed by atoms with van der Waals surface area (Å²) in [6.45, 7) is 3.75. The number of aryl methyl sites for hydroxylation is 2. The van der Waals surface area contributed by atoms with Gasteiger partial charge in [-0.3, -0.25) is 0 Å². The Hall–Kier alpha value is -2.83. The molecule has 0 saturated carbocycles. The zero-order valence-corrected chi connectivity index (χ0v) is 12.9. The molecule has 0 aliphatic heterocycles. The number of rotatable bonds is 2. The zero-order valence-electron chi connectivity index (χ0n) is 12.9. The number of nitrogens with zero attached hydrogens (tertiary/aromatic N) is 2. The number of benzene rings is 2. The molecule has 0 amide bonds. The lowest BCUT2D eigenvalue weighted by molar-refractivity contribution is -0.136. The van der Waals surface area contributed by atoms with E-state index in [2.05, 4.69) is 15.2 Å². The van der Waals surface area contributed by atoms with Gasteiger partial charge in [-0.2, -0.15) is 18.3 Å². The number of nitrogens with one attached hydrogen (secondary N) is 1. The molecule has 3 rings (SSSR count). The topological polar surface area (TPSA) is 60.7 Å². The second-order valence-corrected chi connectivity index (χ2v) is 5.54. The molecule has 24 heavy (non-hydrogen) atoms. The second kappa shape index (κ2) is 5.67. The highest BCUT2D eigenvalue weighted by Crippen LogP contribution is 2.42. The Morgan fingerprint density at radius 1 is 1.04 bits per heavy atom. The summed E-state index contributed by atoms with van der Waals surface area (Å²) in [5.41, 5.74) is 1.37. The molecular formula is C17H14F3N3O. The number of azo groups is 1. The molecule has 7 heteroatoms. The molecule has 124 valence electrons. The van der Waals surface area contributed by atoms with E-state index < -0.39 is 17.6 Å². The van der Waals surface area contributed by atoms with Crippen molar-refractivity contribution in [1.29, 1.82) is 0 Å². The quantitative estimate of drug-likeness (QED) is 0.561. The average Bonchev–Trinajstić information content (AvgIpc) is 2.82. The number of aromatic nitrogens is 1. The van der Waals surface area contributed by atoms with E-state index in [0.29, 0.717) is 5.69 Å². The third kappa shape index (κ3) is 2.84. The maximum absolute atomic E-state index is 13.1. The summed E-state index contributed by atoms with van der Waals surface area (Å²) in [7, 11) is 0. The molecule has 2 N–H and O–H groups in total. The van der Waals surface area contributed by atoms with Gasteiger partial charge in [0.2, 0.25) is 5.88 Å². The maximum atomic E-state index is 13.1. The summed E-state index contributed by atoms with van der Waals surface area (Å²) >= 11 is 0. The third-order valence-electron chi connectivity index (χ3n) is 3.72. The summed E-state index contributed by atoms with van der Waals surface area (Å²) in [5.74, 6) is -0.448. The Labute approximate surface area is 135 Å². The first-order valence-corrected chi connectivity index (χ1v) is 7.17. The summed E-state index contributed by atoms with van der Waals surface area (Å²) in [4.78, 5) is 2.35. The molecule has 1 aromatic heterocycles. The van der Waals surface area contributed by atoms with Crippen LogP contribution in [0, 0.1) is 13.8 Å². The normalized spacial score (nSPS) is 12.4. The van der Waals surface area contributed by atoms with Crippen molar-refractivity contribution in [3.8, 4) is 5.88 Å². The van der Waals surface area contributed by atoms with E-state index in [1.54, 1.807) is 0 Å². The van der Waals surface area contributed by atoms with Crippen LogP contribution in [0.3, 0.4) is 0 Å². The van der Waals surface area contributed by atoms with Gasteiger partial charge < -0.3 is 10.1 Å². The smallest absolute Gasteiger partial charge is 0.418 e. The van der Waals surface area contributed by atoms with Gasteiger partial charge in [0.25, 0.3) is 0 Å². The molecule has 2 aromatic carbocycles. The van der Waals surface area contributed by atoms with E-state index in [1.165, 1.54) is 12.1 Å². The minimum atomic E-state index is -4.53. The van der Waals surface area contributed by atoms with Gasteiger partial charge in [-0.25, -0.2) is 0 Å². The van der Waals surface area contributed by atoms with Gasteiger partial charge >= 0.3 is 6.18 Å².